The summed E-state index contributed by atoms with van der Waals surface area (Å²) in [5.41, 5.74) is 6.53. The predicted octanol–water partition coefficient (Wildman–Crippen LogP) is 0.505. The summed E-state index contributed by atoms with van der Waals surface area (Å²) in [6.45, 7) is 3.27. The molecule has 0 aliphatic carbocycles. The third-order valence-corrected chi connectivity index (χ3v) is 3.10. The summed E-state index contributed by atoms with van der Waals surface area (Å²) in [6, 6.07) is 1.55. The van der Waals surface area contributed by atoms with Crippen molar-refractivity contribution in [2.24, 2.45) is 0 Å². The van der Waals surface area contributed by atoms with Gasteiger partial charge in [-0.15, -0.1) is 0 Å². The van der Waals surface area contributed by atoms with Gasteiger partial charge in [-0.1, -0.05) is 0 Å². The topological polar surface area (TPSA) is 81.3 Å². The van der Waals surface area contributed by atoms with Crippen molar-refractivity contribution in [3.8, 4) is 0 Å². The second kappa shape index (κ2) is 5.30. The van der Waals surface area contributed by atoms with Crippen LogP contribution in [0.4, 0.5) is 5.82 Å². The molecule has 0 spiro atoms. The zero-order chi connectivity index (χ0) is 13.1. The molecule has 0 amide bonds. The van der Waals surface area contributed by atoms with E-state index in [-0.39, 0.29) is 12.0 Å². The van der Waals surface area contributed by atoms with Gasteiger partial charge in [0, 0.05) is 11.8 Å². The molecule has 0 saturated carbocycles. The zero-order valence-corrected chi connectivity index (χ0v) is 10.7. The summed E-state index contributed by atoms with van der Waals surface area (Å²) >= 11 is 0. The van der Waals surface area contributed by atoms with Gasteiger partial charge in [-0.2, -0.15) is 0 Å². The van der Waals surface area contributed by atoms with Gasteiger partial charge in [0.2, 0.25) is 0 Å². The number of aromatic nitrogens is 2. The number of rotatable bonds is 3. The fraction of sp³-hybridized carbons (Fsp3) is 0.583. The zero-order valence-electron chi connectivity index (χ0n) is 10.7. The molecule has 1 fully saturated rings. The number of ether oxygens (including phenoxy) is 1. The number of carbonyl (C=O) groups excluding carboxylic acids is 1. The monoisotopic (exact) mass is 250 g/mol. The SMILES string of the molecule is COC(=O)C1CCCN1Cc1nc(C)cc(N)n1. The van der Waals surface area contributed by atoms with Crippen molar-refractivity contribution in [1.82, 2.24) is 14.9 Å². The first-order chi connectivity index (χ1) is 8.60. The Kier molecular flexibility index (Phi) is 3.76. The molecule has 1 unspecified atom stereocenters. The predicted molar refractivity (Wildman–Crippen MR) is 66.6 cm³/mol. The van der Waals surface area contributed by atoms with Crippen molar-refractivity contribution in [1.29, 1.82) is 0 Å². The van der Waals surface area contributed by atoms with Gasteiger partial charge in [-0.25, -0.2) is 9.97 Å². The van der Waals surface area contributed by atoms with Gasteiger partial charge in [-0.3, -0.25) is 9.69 Å². The van der Waals surface area contributed by atoms with E-state index in [0.29, 0.717) is 18.2 Å². The van der Waals surface area contributed by atoms with Crippen LogP contribution in [0.15, 0.2) is 6.07 Å². The van der Waals surface area contributed by atoms with E-state index in [9.17, 15) is 4.79 Å². The molecule has 0 radical (unpaired) electrons. The lowest BCUT2D eigenvalue weighted by Gasteiger charge is -2.21. The van der Waals surface area contributed by atoms with Crippen LogP contribution in [0.5, 0.6) is 0 Å². The van der Waals surface area contributed by atoms with E-state index >= 15 is 0 Å². The van der Waals surface area contributed by atoms with E-state index in [2.05, 4.69) is 9.97 Å². The first-order valence-corrected chi connectivity index (χ1v) is 6.02. The Morgan fingerprint density at radius 3 is 3.06 bits per heavy atom. The Morgan fingerprint density at radius 2 is 2.39 bits per heavy atom. The Bertz CT molecular complexity index is 429. The lowest BCUT2D eigenvalue weighted by atomic mass is 10.2. The highest BCUT2D eigenvalue weighted by molar-refractivity contribution is 5.75. The fourth-order valence-electron chi connectivity index (χ4n) is 2.33. The summed E-state index contributed by atoms with van der Waals surface area (Å²) in [5.74, 6) is 0.933. The standard InChI is InChI=1S/C12H18N4O2/c1-8-6-10(13)15-11(14-8)7-16-5-3-4-9(16)12(17)18-2/h6,9H,3-5,7H2,1-2H3,(H2,13,14,15). The molecule has 2 heterocycles. The van der Waals surface area contributed by atoms with Gasteiger partial charge in [0.25, 0.3) is 0 Å². The first kappa shape index (κ1) is 12.8. The molecular formula is C12H18N4O2. The molecule has 1 aliphatic rings. The molecule has 2 rings (SSSR count). The highest BCUT2D eigenvalue weighted by atomic mass is 16.5. The summed E-state index contributed by atoms with van der Waals surface area (Å²) in [4.78, 5) is 22.2. The van der Waals surface area contributed by atoms with E-state index in [4.69, 9.17) is 10.5 Å². The van der Waals surface area contributed by atoms with Crippen molar-refractivity contribution in [2.45, 2.75) is 32.4 Å². The molecule has 1 aliphatic heterocycles. The molecule has 98 valence electrons. The number of anilines is 1. The number of aryl methyl sites for hydroxylation is 1. The van der Waals surface area contributed by atoms with Crippen LogP contribution in [-0.2, 0) is 16.1 Å². The Labute approximate surface area is 106 Å². The summed E-state index contributed by atoms with van der Waals surface area (Å²) in [7, 11) is 1.42. The van der Waals surface area contributed by atoms with Gasteiger partial charge in [0.1, 0.15) is 17.7 Å². The van der Waals surface area contributed by atoms with Gasteiger partial charge in [0.05, 0.1) is 13.7 Å². The third kappa shape index (κ3) is 2.76. The van der Waals surface area contributed by atoms with Gasteiger partial charge in [-0.05, 0) is 26.3 Å². The molecule has 1 aromatic rings. The smallest absolute Gasteiger partial charge is 0.323 e. The van der Waals surface area contributed by atoms with Crippen LogP contribution >= 0.6 is 0 Å². The molecule has 18 heavy (non-hydrogen) atoms. The largest absolute Gasteiger partial charge is 0.468 e. The average Bonchev–Trinajstić information content (AvgIpc) is 2.74. The van der Waals surface area contributed by atoms with E-state index < -0.39 is 0 Å². The van der Waals surface area contributed by atoms with Crippen LogP contribution < -0.4 is 5.73 Å². The Morgan fingerprint density at radius 1 is 1.61 bits per heavy atom. The molecule has 0 bridgehead atoms. The van der Waals surface area contributed by atoms with Crippen LogP contribution in [0.1, 0.15) is 24.4 Å². The minimum absolute atomic E-state index is 0.180. The third-order valence-electron chi connectivity index (χ3n) is 3.10. The van der Waals surface area contributed by atoms with Gasteiger partial charge >= 0.3 is 5.97 Å². The van der Waals surface area contributed by atoms with E-state index in [0.717, 1.165) is 25.1 Å². The first-order valence-electron chi connectivity index (χ1n) is 6.02. The number of carbonyl (C=O) groups is 1. The summed E-state index contributed by atoms with van der Waals surface area (Å²) in [5, 5.41) is 0. The van der Waals surface area contributed by atoms with Crippen molar-refractivity contribution in [3.63, 3.8) is 0 Å². The summed E-state index contributed by atoms with van der Waals surface area (Å²) < 4.78 is 4.80. The summed E-state index contributed by atoms with van der Waals surface area (Å²) in [6.07, 6.45) is 1.81. The van der Waals surface area contributed by atoms with Crippen molar-refractivity contribution in [2.75, 3.05) is 19.4 Å². The number of nitrogens with two attached hydrogens (primary N) is 1. The van der Waals surface area contributed by atoms with Crippen LogP contribution in [0.3, 0.4) is 0 Å². The van der Waals surface area contributed by atoms with E-state index in [1.807, 2.05) is 11.8 Å². The van der Waals surface area contributed by atoms with E-state index in [1.54, 1.807) is 6.07 Å². The number of methoxy groups -OCH3 is 1. The van der Waals surface area contributed by atoms with Crippen molar-refractivity contribution in [3.05, 3.63) is 17.6 Å². The quantitative estimate of drug-likeness (QED) is 0.787. The lowest BCUT2D eigenvalue weighted by Crippen LogP contribution is -2.36. The minimum Gasteiger partial charge on any atom is -0.468 e. The van der Waals surface area contributed by atoms with Gasteiger partial charge in [0.15, 0.2) is 0 Å². The molecule has 1 saturated heterocycles. The molecule has 6 heteroatoms. The average molecular weight is 250 g/mol. The van der Waals surface area contributed by atoms with Crippen LogP contribution in [0.2, 0.25) is 0 Å². The Hall–Kier alpha value is -1.69. The number of likely N-dealkylation sites (tertiary alicyclic amines) is 1. The fourth-order valence-corrected chi connectivity index (χ4v) is 2.33. The second-order valence-corrected chi connectivity index (χ2v) is 4.50. The maximum atomic E-state index is 11.6. The second-order valence-electron chi connectivity index (χ2n) is 4.50. The minimum atomic E-state index is -0.187. The van der Waals surface area contributed by atoms with Crippen LogP contribution in [-0.4, -0.2) is 40.5 Å². The van der Waals surface area contributed by atoms with Crippen LogP contribution in [0, 0.1) is 6.92 Å². The maximum absolute atomic E-state index is 11.6. The van der Waals surface area contributed by atoms with Crippen molar-refractivity contribution >= 4 is 11.8 Å². The molecule has 6 nitrogen and oxygen atoms in total. The number of hydrogen-bond acceptors (Lipinski definition) is 6. The lowest BCUT2D eigenvalue weighted by molar-refractivity contribution is -0.146. The highest BCUT2D eigenvalue weighted by Gasteiger charge is 2.31. The Balaban J connectivity index is 2.10. The van der Waals surface area contributed by atoms with E-state index in [1.165, 1.54) is 7.11 Å². The molecule has 1 atom stereocenters. The molecule has 2 N–H and O–H groups in total. The van der Waals surface area contributed by atoms with Crippen molar-refractivity contribution < 1.29 is 9.53 Å². The van der Waals surface area contributed by atoms with Crippen LogP contribution in [0.25, 0.3) is 0 Å². The normalized spacial score (nSPS) is 20.0. The molecular weight excluding hydrogens is 232 g/mol. The number of hydrogen-bond donors (Lipinski definition) is 1. The van der Waals surface area contributed by atoms with Gasteiger partial charge < -0.3 is 10.5 Å². The highest BCUT2D eigenvalue weighted by Crippen LogP contribution is 2.20. The molecule has 0 aromatic carbocycles. The maximum Gasteiger partial charge on any atom is 0.323 e. The number of nitrogen functional groups attached to an aromatic ring is 1. The molecule has 1 aromatic heterocycles. The number of nitrogens with zero attached hydrogens (tertiary/aromatic N) is 3. The number of esters is 1.